The van der Waals surface area contributed by atoms with Crippen LogP contribution >= 0.6 is 0 Å². The van der Waals surface area contributed by atoms with E-state index in [1.54, 1.807) is 0 Å². The van der Waals surface area contributed by atoms with Crippen LogP contribution in [0.4, 0.5) is 18.9 Å². The number of halogens is 3. The summed E-state index contributed by atoms with van der Waals surface area (Å²) >= 11 is 0. The number of benzene rings is 1. The van der Waals surface area contributed by atoms with Crippen LogP contribution in [0.2, 0.25) is 0 Å². The zero-order chi connectivity index (χ0) is 13.1. The first-order valence-electron chi connectivity index (χ1n) is 4.38. The predicted molar refractivity (Wildman–Crippen MR) is 57.0 cm³/mol. The molecular weight excluding hydrogens is 255 g/mol. The third kappa shape index (κ3) is 2.71. The van der Waals surface area contributed by atoms with Gasteiger partial charge in [-0.1, -0.05) is 18.1 Å². The van der Waals surface area contributed by atoms with Crippen molar-refractivity contribution in [2.24, 2.45) is 0 Å². The van der Waals surface area contributed by atoms with Crippen LogP contribution in [0.5, 0.6) is 0 Å². The highest BCUT2D eigenvalue weighted by molar-refractivity contribution is 7.92. The van der Waals surface area contributed by atoms with Crippen LogP contribution in [0.25, 0.3) is 0 Å². The van der Waals surface area contributed by atoms with Crippen molar-refractivity contribution in [1.29, 1.82) is 0 Å². The van der Waals surface area contributed by atoms with E-state index in [4.69, 9.17) is 6.42 Å². The first kappa shape index (κ1) is 13.4. The third-order valence-corrected chi connectivity index (χ3v) is 3.41. The fourth-order valence-electron chi connectivity index (χ4n) is 1.12. The molecule has 0 amide bonds. The number of anilines is 1. The maximum absolute atomic E-state index is 12.4. The summed E-state index contributed by atoms with van der Waals surface area (Å²) < 4.78 is 59.5. The molecule has 0 aliphatic rings. The fraction of sp³-hybridized carbons (Fsp3) is 0.200. The van der Waals surface area contributed by atoms with Crippen molar-refractivity contribution in [2.45, 2.75) is 10.4 Å². The second-order valence-electron chi connectivity index (χ2n) is 3.00. The van der Waals surface area contributed by atoms with Gasteiger partial charge in [-0.2, -0.15) is 13.2 Å². The number of sulfone groups is 1. The summed E-state index contributed by atoms with van der Waals surface area (Å²) in [4.78, 5) is -0.831. The van der Waals surface area contributed by atoms with Gasteiger partial charge in [-0.05, 0) is 12.1 Å². The number of hydrogen-bond donors (Lipinski definition) is 1. The molecule has 1 aromatic carbocycles. The number of para-hydroxylation sites is 1. The minimum atomic E-state index is -5.37. The number of terminal acetylenes is 1. The van der Waals surface area contributed by atoms with E-state index < -0.39 is 20.2 Å². The zero-order valence-corrected chi connectivity index (χ0v) is 9.27. The third-order valence-electron chi connectivity index (χ3n) is 1.86. The average Bonchev–Trinajstić information content (AvgIpc) is 2.25. The Kier molecular flexibility index (Phi) is 3.68. The largest absolute Gasteiger partial charge is 0.501 e. The van der Waals surface area contributed by atoms with Crippen LogP contribution < -0.4 is 5.32 Å². The molecule has 17 heavy (non-hydrogen) atoms. The van der Waals surface area contributed by atoms with E-state index >= 15 is 0 Å². The van der Waals surface area contributed by atoms with Crippen molar-refractivity contribution in [3.8, 4) is 12.3 Å². The zero-order valence-electron chi connectivity index (χ0n) is 8.45. The molecule has 0 saturated heterocycles. The highest BCUT2D eigenvalue weighted by atomic mass is 32.2. The molecule has 1 aromatic rings. The van der Waals surface area contributed by atoms with E-state index in [-0.39, 0.29) is 12.2 Å². The number of hydrogen-bond acceptors (Lipinski definition) is 3. The normalized spacial score (nSPS) is 11.9. The van der Waals surface area contributed by atoms with Gasteiger partial charge in [0, 0.05) is 0 Å². The molecule has 0 bridgehead atoms. The molecule has 0 aliphatic carbocycles. The average molecular weight is 263 g/mol. The molecule has 3 nitrogen and oxygen atoms in total. The molecule has 0 heterocycles. The van der Waals surface area contributed by atoms with Gasteiger partial charge in [0.25, 0.3) is 9.84 Å². The lowest BCUT2D eigenvalue weighted by Crippen LogP contribution is -2.24. The lowest BCUT2D eigenvalue weighted by atomic mass is 10.3. The van der Waals surface area contributed by atoms with Gasteiger partial charge in [0.15, 0.2) is 0 Å². The summed E-state index contributed by atoms with van der Waals surface area (Å²) in [6, 6.07) is 4.71. The smallest absolute Gasteiger partial charge is 0.373 e. The molecule has 1 rings (SSSR count). The van der Waals surface area contributed by atoms with Crippen LogP contribution in [0.1, 0.15) is 0 Å². The van der Waals surface area contributed by atoms with E-state index in [2.05, 4.69) is 11.2 Å². The van der Waals surface area contributed by atoms with Crippen LogP contribution in [0.3, 0.4) is 0 Å². The Labute approximate surface area is 96.6 Å². The topological polar surface area (TPSA) is 46.2 Å². The summed E-state index contributed by atoms with van der Waals surface area (Å²) in [5.74, 6) is 2.15. The maximum Gasteiger partial charge on any atom is 0.501 e. The van der Waals surface area contributed by atoms with E-state index in [1.807, 2.05) is 0 Å². The Bertz CT molecular complexity index is 543. The van der Waals surface area contributed by atoms with Crippen molar-refractivity contribution in [3.05, 3.63) is 24.3 Å². The lowest BCUT2D eigenvalue weighted by molar-refractivity contribution is -0.0435. The summed E-state index contributed by atoms with van der Waals surface area (Å²) in [7, 11) is -5.37. The van der Waals surface area contributed by atoms with Crippen LogP contribution in [0, 0.1) is 12.3 Å². The molecule has 0 aromatic heterocycles. The molecule has 0 radical (unpaired) electrons. The maximum atomic E-state index is 12.4. The second-order valence-corrected chi connectivity index (χ2v) is 4.91. The van der Waals surface area contributed by atoms with Crippen molar-refractivity contribution >= 4 is 15.5 Å². The van der Waals surface area contributed by atoms with Crippen molar-refractivity contribution in [2.75, 3.05) is 11.9 Å². The van der Waals surface area contributed by atoms with Crippen LogP contribution in [-0.2, 0) is 9.84 Å². The van der Waals surface area contributed by atoms with Crippen LogP contribution in [-0.4, -0.2) is 20.5 Å². The first-order chi connectivity index (χ1) is 7.80. The Morgan fingerprint density at radius 1 is 1.29 bits per heavy atom. The standard InChI is InChI=1S/C10H8F3NO2S/c1-2-7-14-8-5-3-4-6-9(8)17(15,16)10(11,12)13/h1,3-6,14H,7H2. The highest BCUT2D eigenvalue weighted by Crippen LogP contribution is 2.33. The van der Waals surface area contributed by atoms with Crippen molar-refractivity contribution < 1.29 is 21.6 Å². The summed E-state index contributed by atoms with van der Waals surface area (Å²) in [5, 5.41) is 2.43. The Hall–Kier alpha value is -1.68. The van der Waals surface area contributed by atoms with Gasteiger partial charge in [0.05, 0.1) is 17.1 Å². The highest BCUT2D eigenvalue weighted by Gasteiger charge is 2.47. The minimum Gasteiger partial charge on any atom is -0.373 e. The fourth-order valence-corrected chi connectivity index (χ4v) is 2.05. The van der Waals surface area contributed by atoms with E-state index in [0.717, 1.165) is 6.07 Å². The SMILES string of the molecule is C#CCNc1ccccc1S(=O)(=O)C(F)(F)F. The molecule has 0 unspecified atom stereocenters. The van der Waals surface area contributed by atoms with Crippen LogP contribution in [0.15, 0.2) is 29.2 Å². The van der Waals surface area contributed by atoms with E-state index in [0.29, 0.717) is 0 Å². The lowest BCUT2D eigenvalue weighted by Gasteiger charge is -2.12. The molecule has 1 N–H and O–H groups in total. The van der Waals surface area contributed by atoms with Gasteiger partial charge in [0.2, 0.25) is 0 Å². The Morgan fingerprint density at radius 2 is 1.88 bits per heavy atom. The first-order valence-corrected chi connectivity index (χ1v) is 5.86. The Morgan fingerprint density at radius 3 is 2.41 bits per heavy atom. The molecule has 0 aliphatic heterocycles. The number of nitrogens with one attached hydrogen (secondary N) is 1. The quantitative estimate of drug-likeness (QED) is 0.849. The molecule has 0 fully saturated rings. The Balaban J connectivity index is 3.28. The second kappa shape index (κ2) is 4.67. The summed E-state index contributed by atoms with van der Waals surface area (Å²) in [5.41, 5.74) is -5.50. The summed E-state index contributed by atoms with van der Waals surface area (Å²) in [6.45, 7) is -0.0651. The number of rotatable bonds is 3. The van der Waals surface area contributed by atoms with Gasteiger partial charge in [0.1, 0.15) is 0 Å². The van der Waals surface area contributed by atoms with Crippen molar-refractivity contribution in [1.82, 2.24) is 0 Å². The van der Waals surface area contributed by atoms with E-state index in [1.165, 1.54) is 18.2 Å². The molecule has 7 heteroatoms. The number of alkyl halides is 3. The monoisotopic (exact) mass is 263 g/mol. The van der Waals surface area contributed by atoms with Gasteiger partial charge in [-0.3, -0.25) is 0 Å². The molecule has 0 atom stereocenters. The van der Waals surface area contributed by atoms with Gasteiger partial charge < -0.3 is 5.32 Å². The minimum absolute atomic E-state index is 0.0651. The van der Waals surface area contributed by atoms with Crippen molar-refractivity contribution in [3.63, 3.8) is 0 Å². The van der Waals surface area contributed by atoms with Gasteiger partial charge >= 0.3 is 5.51 Å². The van der Waals surface area contributed by atoms with E-state index in [9.17, 15) is 21.6 Å². The van der Waals surface area contributed by atoms with Gasteiger partial charge in [-0.15, -0.1) is 6.42 Å². The molecule has 0 spiro atoms. The predicted octanol–water partition coefficient (Wildman–Crippen LogP) is 2.03. The molecule has 92 valence electrons. The molecule has 0 saturated carbocycles. The van der Waals surface area contributed by atoms with Gasteiger partial charge in [-0.25, -0.2) is 8.42 Å². The summed E-state index contributed by atoms with van der Waals surface area (Å²) in [6.07, 6.45) is 4.94. The molecular formula is C10H8F3NO2S.